The number of benzene rings is 2. The fraction of sp³-hybridized carbons (Fsp3) is 0.583. The molecule has 0 saturated heterocycles. The molecule has 2 aromatic rings. The molecular weight excluding hydrogens is 630 g/mol. The first-order chi connectivity index (χ1) is 23.4. The van der Waals surface area contributed by atoms with Gasteiger partial charge in [0, 0.05) is 56.5 Å². The van der Waals surface area contributed by atoms with Gasteiger partial charge in [-0.25, -0.2) is 4.79 Å². The van der Waals surface area contributed by atoms with Gasteiger partial charge < -0.3 is 49.4 Å². The zero-order valence-electron chi connectivity index (χ0n) is 29.7. The predicted octanol–water partition coefficient (Wildman–Crippen LogP) is 4.66. The molecule has 0 saturated carbocycles. The SMILES string of the molecule is C[C@@H]1CCCCO[C@H](CN(C)C(=O)Nc2ccc3c(c2)OCO3)[C@H](C)CN([C@@H](C)CO)C(=O)c2cc(NC(=O)CCCN(C)C)ccc2O1. The largest absolute Gasteiger partial charge is 0.490 e. The second-order valence-corrected chi connectivity index (χ2v) is 13.3. The number of aliphatic hydroxyl groups is 1. The second kappa shape index (κ2) is 18.1. The smallest absolute Gasteiger partial charge is 0.321 e. The van der Waals surface area contributed by atoms with Gasteiger partial charge in [0.1, 0.15) is 5.75 Å². The van der Waals surface area contributed by atoms with Crippen LogP contribution in [0.3, 0.4) is 0 Å². The molecule has 2 aliphatic rings. The van der Waals surface area contributed by atoms with Gasteiger partial charge in [0.25, 0.3) is 5.91 Å². The Morgan fingerprint density at radius 2 is 1.71 bits per heavy atom. The number of urea groups is 1. The highest BCUT2D eigenvalue weighted by molar-refractivity contribution is 5.99. The normalized spacial score (nSPS) is 20.5. The number of nitrogens with one attached hydrogen (secondary N) is 2. The molecule has 0 unspecified atom stereocenters. The van der Waals surface area contributed by atoms with Crippen LogP contribution < -0.4 is 24.8 Å². The summed E-state index contributed by atoms with van der Waals surface area (Å²) in [5.41, 5.74) is 1.38. The van der Waals surface area contributed by atoms with E-state index < -0.39 is 12.1 Å². The van der Waals surface area contributed by atoms with Crippen LogP contribution in [0.5, 0.6) is 17.2 Å². The van der Waals surface area contributed by atoms with Crippen LogP contribution in [0.1, 0.15) is 63.2 Å². The zero-order valence-corrected chi connectivity index (χ0v) is 29.7. The van der Waals surface area contributed by atoms with Gasteiger partial charge in [-0.3, -0.25) is 9.59 Å². The van der Waals surface area contributed by atoms with Gasteiger partial charge in [-0.15, -0.1) is 0 Å². The van der Waals surface area contributed by atoms with Crippen molar-refractivity contribution in [2.24, 2.45) is 5.92 Å². The molecule has 3 N–H and O–H groups in total. The first kappa shape index (κ1) is 37.7. The van der Waals surface area contributed by atoms with Crippen LogP contribution in [0, 0.1) is 5.92 Å². The highest BCUT2D eigenvalue weighted by Crippen LogP contribution is 2.34. The first-order valence-electron chi connectivity index (χ1n) is 17.2. The summed E-state index contributed by atoms with van der Waals surface area (Å²) in [5.74, 6) is 0.946. The van der Waals surface area contributed by atoms with E-state index in [0.29, 0.717) is 53.6 Å². The molecule has 13 heteroatoms. The van der Waals surface area contributed by atoms with Crippen molar-refractivity contribution in [2.45, 2.75) is 71.1 Å². The number of anilines is 2. The van der Waals surface area contributed by atoms with Gasteiger partial charge >= 0.3 is 6.03 Å². The Morgan fingerprint density at radius 1 is 1.00 bits per heavy atom. The minimum Gasteiger partial charge on any atom is -0.490 e. The molecule has 0 aliphatic carbocycles. The Hall–Kier alpha value is -4.07. The monoisotopic (exact) mass is 683 g/mol. The lowest BCUT2D eigenvalue weighted by atomic mass is 10.0. The zero-order chi connectivity index (χ0) is 35.5. The van der Waals surface area contributed by atoms with Gasteiger partial charge in [-0.05, 0) is 90.5 Å². The van der Waals surface area contributed by atoms with Crippen molar-refractivity contribution in [2.75, 3.05) is 71.4 Å². The van der Waals surface area contributed by atoms with E-state index in [2.05, 4.69) is 10.6 Å². The lowest BCUT2D eigenvalue weighted by molar-refractivity contribution is -0.116. The van der Waals surface area contributed by atoms with E-state index in [-0.39, 0.29) is 56.4 Å². The molecule has 2 aliphatic heterocycles. The third kappa shape index (κ3) is 11.0. The van der Waals surface area contributed by atoms with Crippen LogP contribution in [0.4, 0.5) is 16.2 Å². The topological polar surface area (TPSA) is 142 Å². The Balaban J connectivity index is 1.53. The fourth-order valence-corrected chi connectivity index (χ4v) is 5.79. The second-order valence-electron chi connectivity index (χ2n) is 13.3. The number of amides is 4. The van der Waals surface area contributed by atoms with Crippen LogP contribution in [-0.2, 0) is 9.53 Å². The van der Waals surface area contributed by atoms with Crippen molar-refractivity contribution in [3.63, 3.8) is 0 Å². The molecule has 0 aromatic heterocycles. The molecule has 2 heterocycles. The van der Waals surface area contributed by atoms with E-state index in [1.54, 1.807) is 60.2 Å². The third-order valence-electron chi connectivity index (χ3n) is 8.77. The highest BCUT2D eigenvalue weighted by atomic mass is 16.7. The molecule has 0 fully saturated rings. The third-order valence-corrected chi connectivity index (χ3v) is 8.77. The molecule has 49 heavy (non-hydrogen) atoms. The highest BCUT2D eigenvalue weighted by Gasteiger charge is 2.31. The van der Waals surface area contributed by atoms with Gasteiger partial charge in [0.05, 0.1) is 30.4 Å². The standard InChI is InChI=1S/C36H53N5O8/c1-24-20-41(25(2)22-42)35(44)29-18-27(37-34(43)11-9-16-39(4)5)12-14-30(29)49-26(3)10-7-8-17-46-33(24)21-40(6)36(45)38-28-13-15-31-32(19-28)48-23-47-31/h12-15,18-19,24-26,33,42H,7-11,16-17,20-23H2,1-6H3,(H,37,43)(H,38,45)/t24-,25+,26-,33-/m1/s1. The van der Waals surface area contributed by atoms with E-state index in [0.717, 1.165) is 25.8 Å². The summed E-state index contributed by atoms with van der Waals surface area (Å²) in [6, 6.07) is 9.53. The number of fused-ring (bicyclic) bond motifs is 2. The number of likely N-dealkylation sites (N-methyl/N-ethyl adjacent to an activating group) is 1. The number of rotatable bonds is 10. The summed E-state index contributed by atoms with van der Waals surface area (Å²) in [5, 5.41) is 16.1. The fourth-order valence-electron chi connectivity index (χ4n) is 5.79. The van der Waals surface area contributed by atoms with E-state index in [1.807, 2.05) is 32.8 Å². The minimum absolute atomic E-state index is 0.134. The van der Waals surface area contributed by atoms with Crippen molar-refractivity contribution >= 4 is 29.2 Å². The number of ether oxygens (including phenoxy) is 4. The van der Waals surface area contributed by atoms with Crippen molar-refractivity contribution < 1.29 is 38.4 Å². The van der Waals surface area contributed by atoms with Gasteiger partial charge in [-0.2, -0.15) is 0 Å². The molecule has 0 bridgehead atoms. The van der Waals surface area contributed by atoms with Gasteiger partial charge in [-0.1, -0.05) is 6.92 Å². The minimum atomic E-state index is -0.523. The summed E-state index contributed by atoms with van der Waals surface area (Å²) in [6.07, 6.45) is 2.87. The maximum absolute atomic E-state index is 14.3. The van der Waals surface area contributed by atoms with Crippen LogP contribution in [0.15, 0.2) is 36.4 Å². The van der Waals surface area contributed by atoms with Gasteiger partial charge in [0.2, 0.25) is 12.7 Å². The Kier molecular flexibility index (Phi) is 13.9. The summed E-state index contributed by atoms with van der Waals surface area (Å²) < 4.78 is 23.5. The summed E-state index contributed by atoms with van der Waals surface area (Å²) in [7, 11) is 5.63. The average molecular weight is 684 g/mol. The maximum Gasteiger partial charge on any atom is 0.321 e. The molecule has 4 rings (SSSR count). The van der Waals surface area contributed by atoms with Crippen LogP contribution in [0.2, 0.25) is 0 Å². The lowest BCUT2D eigenvalue weighted by Crippen LogP contribution is -2.48. The Labute approximate surface area is 289 Å². The Morgan fingerprint density at radius 3 is 2.45 bits per heavy atom. The van der Waals surface area contributed by atoms with Crippen molar-refractivity contribution in [1.29, 1.82) is 0 Å². The van der Waals surface area contributed by atoms with E-state index >= 15 is 0 Å². The molecule has 13 nitrogen and oxygen atoms in total. The quantitative estimate of drug-likeness (QED) is 0.326. The number of hydrogen-bond acceptors (Lipinski definition) is 9. The lowest BCUT2D eigenvalue weighted by Gasteiger charge is -2.35. The summed E-state index contributed by atoms with van der Waals surface area (Å²) >= 11 is 0. The van der Waals surface area contributed by atoms with Gasteiger partial charge in [0.15, 0.2) is 11.5 Å². The molecule has 2 aromatic carbocycles. The summed E-state index contributed by atoms with van der Waals surface area (Å²) in [4.78, 5) is 45.5. The predicted molar refractivity (Wildman–Crippen MR) is 188 cm³/mol. The molecule has 0 radical (unpaired) electrons. The van der Waals surface area contributed by atoms with Crippen LogP contribution in [0.25, 0.3) is 0 Å². The Bertz CT molecular complexity index is 1420. The van der Waals surface area contributed by atoms with Crippen molar-refractivity contribution in [1.82, 2.24) is 14.7 Å². The molecule has 4 amide bonds. The molecule has 0 spiro atoms. The molecule has 270 valence electrons. The maximum atomic E-state index is 14.3. The van der Waals surface area contributed by atoms with Crippen LogP contribution in [-0.4, -0.2) is 117 Å². The summed E-state index contributed by atoms with van der Waals surface area (Å²) in [6.45, 7) is 7.42. The van der Waals surface area contributed by atoms with Crippen molar-refractivity contribution in [3.8, 4) is 17.2 Å². The van der Waals surface area contributed by atoms with E-state index in [1.165, 1.54) is 0 Å². The molecule has 4 atom stereocenters. The van der Waals surface area contributed by atoms with Crippen LogP contribution >= 0.6 is 0 Å². The average Bonchev–Trinajstić information content (AvgIpc) is 3.53. The number of carbonyl (C=O) groups is 3. The number of carbonyl (C=O) groups excluding carboxylic acids is 3. The van der Waals surface area contributed by atoms with E-state index in [9.17, 15) is 19.5 Å². The number of aliphatic hydroxyl groups excluding tert-OH is 1. The number of nitrogens with zero attached hydrogens (tertiary/aromatic N) is 3. The molecular formula is C36H53N5O8. The first-order valence-corrected chi connectivity index (χ1v) is 17.2. The van der Waals surface area contributed by atoms with Crippen molar-refractivity contribution in [3.05, 3.63) is 42.0 Å². The number of hydrogen-bond donors (Lipinski definition) is 3. The van der Waals surface area contributed by atoms with E-state index in [4.69, 9.17) is 18.9 Å².